The van der Waals surface area contributed by atoms with Gasteiger partial charge in [0.1, 0.15) is 0 Å². The lowest BCUT2D eigenvalue weighted by Crippen LogP contribution is -2.39. The maximum Gasteiger partial charge on any atom is 0.190 e. The summed E-state index contributed by atoms with van der Waals surface area (Å²) in [5.74, 6) is 3.05. The van der Waals surface area contributed by atoms with E-state index in [9.17, 15) is 0 Å². The summed E-state index contributed by atoms with van der Waals surface area (Å²) in [5.41, 5.74) is 1.21. The zero-order valence-electron chi connectivity index (χ0n) is 15.5. The van der Waals surface area contributed by atoms with Crippen molar-refractivity contribution in [1.82, 2.24) is 10.6 Å². The molecule has 1 aromatic rings. The molecule has 0 unspecified atom stereocenters. The van der Waals surface area contributed by atoms with Gasteiger partial charge >= 0.3 is 0 Å². The van der Waals surface area contributed by atoms with Crippen molar-refractivity contribution in [3.63, 3.8) is 0 Å². The average molecular weight is 449 g/mol. The number of guanidine groups is 1. The number of hydrogen-bond acceptors (Lipinski definition) is 3. The Morgan fingerprint density at radius 1 is 1.08 bits per heavy atom. The maximum absolute atomic E-state index is 5.66. The van der Waals surface area contributed by atoms with Crippen LogP contribution in [0.15, 0.2) is 23.2 Å². The van der Waals surface area contributed by atoms with Crippen LogP contribution in [0.2, 0.25) is 0 Å². The lowest BCUT2D eigenvalue weighted by molar-refractivity contribution is 0.287. The van der Waals surface area contributed by atoms with Crippen LogP contribution in [-0.2, 0) is 6.42 Å². The lowest BCUT2D eigenvalue weighted by atomic mass is 10.1. The Kier molecular flexibility index (Phi) is 12.5. The quantitative estimate of drug-likeness (QED) is 0.345. The largest absolute Gasteiger partial charge is 0.490 e. The number of benzene rings is 1. The van der Waals surface area contributed by atoms with E-state index in [2.05, 4.69) is 41.6 Å². The molecule has 0 saturated carbocycles. The molecule has 1 aromatic carbocycles. The van der Waals surface area contributed by atoms with Gasteiger partial charge in [-0.15, -0.1) is 24.0 Å². The van der Waals surface area contributed by atoms with Crippen molar-refractivity contribution in [2.75, 3.05) is 33.4 Å². The molecule has 5 nitrogen and oxygen atoms in total. The number of hydrogen-bond donors (Lipinski definition) is 2. The van der Waals surface area contributed by atoms with Crippen LogP contribution >= 0.6 is 24.0 Å². The number of rotatable bonds is 9. The zero-order chi connectivity index (χ0) is 17.1. The molecular formula is C18H32IN3O2. The number of ether oxygens (including phenoxy) is 2. The molecule has 0 bridgehead atoms. The molecule has 24 heavy (non-hydrogen) atoms. The molecule has 0 aromatic heterocycles. The standard InChI is InChI=1S/C18H31N3O2.HI/c1-6-22-16-9-8-15(12-17(16)23-7-2)10-11-20-18(19-5)21-13-14(3)4;/h8-9,12,14H,6-7,10-11,13H2,1-5H3,(H2,19,20,21);1H. The lowest BCUT2D eigenvalue weighted by Gasteiger charge is -2.14. The fourth-order valence-corrected chi connectivity index (χ4v) is 2.10. The van der Waals surface area contributed by atoms with Crippen LogP contribution < -0.4 is 20.1 Å². The van der Waals surface area contributed by atoms with Gasteiger partial charge in [-0.2, -0.15) is 0 Å². The minimum absolute atomic E-state index is 0. The predicted molar refractivity (Wildman–Crippen MR) is 112 cm³/mol. The average Bonchev–Trinajstić information content (AvgIpc) is 2.53. The van der Waals surface area contributed by atoms with Gasteiger partial charge in [-0.3, -0.25) is 4.99 Å². The van der Waals surface area contributed by atoms with Crippen molar-refractivity contribution in [3.8, 4) is 11.5 Å². The number of nitrogens with one attached hydrogen (secondary N) is 2. The Hall–Kier alpha value is -1.18. The Morgan fingerprint density at radius 3 is 2.33 bits per heavy atom. The van der Waals surface area contributed by atoms with E-state index in [1.54, 1.807) is 7.05 Å². The van der Waals surface area contributed by atoms with Gasteiger partial charge in [0.25, 0.3) is 0 Å². The highest BCUT2D eigenvalue weighted by Gasteiger charge is 2.06. The van der Waals surface area contributed by atoms with E-state index in [1.807, 2.05) is 19.9 Å². The van der Waals surface area contributed by atoms with E-state index in [0.717, 1.165) is 37.0 Å². The Bertz CT molecular complexity index is 493. The molecule has 0 aliphatic carbocycles. The molecule has 1 rings (SSSR count). The minimum Gasteiger partial charge on any atom is -0.490 e. The van der Waals surface area contributed by atoms with Crippen LogP contribution in [0.25, 0.3) is 0 Å². The summed E-state index contributed by atoms with van der Waals surface area (Å²) < 4.78 is 11.3. The SMILES string of the molecule is CCOc1ccc(CCNC(=NC)NCC(C)C)cc1OCC.I. The number of aliphatic imine (C=N–C) groups is 1. The van der Waals surface area contributed by atoms with E-state index in [4.69, 9.17) is 9.47 Å². The van der Waals surface area contributed by atoms with Gasteiger partial charge in [0.05, 0.1) is 13.2 Å². The molecule has 0 fully saturated rings. The van der Waals surface area contributed by atoms with Crippen molar-refractivity contribution >= 4 is 29.9 Å². The highest BCUT2D eigenvalue weighted by Crippen LogP contribution is 2.28. The van der Waals surface area contributed by atoms with Crippen LogP contribution in [0.3, 0.4) is 0 Å². The smallest absolute Gasteiger partial charge is 0.190 e. The van der Waals surface area contributed by atoms with Crippen molar-refractivity contribution in [2.45, 2.75) is 34.1 Å². The number of nitrogens with zero attached hydrogens (tertiary/aromatic N) is 1. The van der Waals surface area contributed by atoms with Crippen LogP contribution in [0.4, 0.5) is 0 Å². The summed E-state index contributed by atoms with van der Waals surface area (Å²) >= 11 is 0. The highest BCUT2D eigenvalue weighted by atomic mass is 127. The molecular weight excluding hydrogens is 417 g/mol. The van der Waals surface area contributed by atoms with Gasteiger partial charge in [-0.25, -0.2) is 0 Å². The molecule has 0 aliphatic rings. The molecule has 138 valence electrons. The second kappa shape index (κ2) is 13.1. The normalized spacial score (nSPS) is 11.0. The molecule has 2 N–H and O–H groups in total. The van der Waals surface area contributed by atoms with Crippen LogP contribution in [0.1, 0.15) is 33.3 Å². The van der Waals surface area contributed by atoms with Crippen molar-refractivity contribution < 1.29 is 9.47 Å². The molecule has 0 amide bonds. The first-order chi connectivity index (χ1) is 11.1. The third kappa shape index (κ3) is 8.61. The summed E-state index contributed by atoms with van der Waals surface area (Å²) in [5, 5.41) is 6.64. The topological polar surface area (TPSA) is 54.9 Å². The fourth-order valence-electron chi connectivity index (χ4n) is 2.10. The van der Waals surface area contributed by atoms with E-state index in [1.165, 1.54) is 5.56 Å². The molecule has 0 saturated heterocycles. The minimum atomic E-state index is 0. The molecule has 0 radical (unpaired) electrons. The van der Waals surface area contributed by atoms with Gasteiger partial charge < -0.3 is 20.1 Å². The highest BCUT2D eigenvalue weighted by molar-refractivity contribution is 14.0. The van der Waals surface area contributed by atoms with E-state index in [-0.39, 0.29) is 24.0 Å². The summed E-state index contributed by atoms with van der Waals surface area (Å²) in [7, 11) is 1.79. The third-order valence-electron chi connectivity index (χ3n) is 3.22. The fraction of sp³-hybridized carbons (Fsp3) is 0.611. The molecule has 0 spiro atoms. The molecule has 0 heterocycles. The van der Waals surface area contributed by atoms with Gasteiger partial charge in [-0.1, -0.05) is 19.9 Å². The monoisotopic (exact) mass is 449 g/mol. The summed E-state index contributed by atoms with van der Waals surface area (Å²) in [6.45, 7) is 11.3. The van der Waals surface area contributed by atoms with E-state index < -0.39 is 0 Å². The van der Waals surface area contributed by atoms with Crippen LogP contribution in [0, 0.1) is 5.92 Å². The van der Waals surface area contributed by atoms with E-state index in [0.29, 0.717) is 19.1 Å². The zero-order valence-corrected chi connectivity index (χ0v) is 17.8. The molecule has 0 atom stereocenters. The first kappa shape index (κ1) is 22.8. The van der Waals surface area contributed by atoms with Crippen molar-refractivity contribution in [1.29, 1.82) is 0 Å². The Balaban J connectivity index is 0.00000529. The summed E-state index contributed by atoms with van der Waals surface area (Å²) in [6, 6.07) is 6.12. The first-order valence-electron chi connectivity index (χ1n) is 8.43. The summed E-state index contributed by atoms with van der Waals surface area (Å²) in [6.07, 6.45) is 0.898. The van der Waals surface area contributed by atoms with Gasteiger partial charge in [0.15, 0.2) is 17.5 Å². The van der Waals surface area contributed by atoms with E-state index >= 15 is 0 Å². The second-order valence-corrected chi connectivity index (χ2v) is 5.67. The second-order valence-electron chi connectivity index (χ2n) is 5.67. The van der Waals surface area contributed by atoms with Crippen molar-refractivity contribution in [3.05, 3.63) is 23.8 Å². The van der Waals surface area contributed by atoms with Gasteiger partial charge in [0, 0.05) is 20.1 Å². The third-order valence-corrected chi connectivity index (χ3v) is 3.22. The van der Waals surface area contributed by atoms with Gasteiger partial charge in [-0.05, 0) is 43.9 Å². The Labute approximate surface area is 163 Å². The summed E-state index contributed by atoms with van der Waals surface area (Å²) in [4.78, 5) is 4.23. The predicted octanol–water partition coefficient (Wildman–Crippen LogP) is 3.47. The Morgan fingerprint density at radius 2 is 1.75 bits per heavy atom. The van der Waals surface area contributed by atoms with Gasteiger partial charge in [0.2, 0.25) is 0 Å². The first-order valence-corrected chi connectivity index (χ1v) is 8.43. The van der Waals surface area contributed by atoms with Crippen molar-refractivity contribution in [2.24, 2.45) is 10.9 Å². The number of halogens is 1. The van der Waals surface area contributed by atoms with Crippen LogP contribution in [-0.4, -0.2) is 39.3 Å². The maximum atomic E-state index is 5.66. The van der Waals surface area contributed by atoms with Crippen LogP contribution in [0.5, 0.6) is 11.5 Å². The molecule has 0 aliphatic heterocycles. The molecule has 6 heteroatoms.